The molecule has 6 heteroatoms. The molecule has 1 aromatic heterocycles. The topological polar surface area (TPSA) is 65.2 Å². The Morgan fingerprint density at radius 2 is 2.14 bits per heavy atom. The third-order valence-electron chi connectivity index (χ3n) is 3.60. The predicted molar refractivity (Wildman–Crippen MR) is 82.9 cm³/mol. The Morgan fingerprint density at radius 3 is 2.86 bits per heavy atom. The average molecular weight is 348 g/mol. The molecule has 2 aromatic rings. The number of halogens is 1. The molecule has 1 unspecified atom stereocenters. The van der Waals surface area contributed by atoms with E-state index in [-0.39, 0.29) is 11.8 Å². The number of nitrogens with zero attached hydrogens (tertiary/aromatic N) is 1. The van der Waals surface area contributed by atoms with Gasteiger partial charge in [0.2, 0.25) is 5.91 Å². The summed E-state index contributed by atoms with van der Waals surface area (Å²) >= 11 is 3.31. The second-order valence-corrected chi connectivity index (χ2v) is 5.90. The van der Waals surface area contributed by atoms with Gasteiger partial charge in [-0.05, 0) is 40.5 Å². The maximum Gasteiger partial charge on any atom is 0.271 e. The first-order chi connectivity index (χ1) is 10.1. The normalized spacial score (nSPS) is 17.9. The van der Waals surface area contributed by atoms with E-state index in [2.05, 4.69) is 26.2 Å². The zero-order valence-corrected chi connectivity index (χ0v) is 13.0. The number of anilines is 1. The zero-order valence-electron chi connectivity index (χ0n) is 11.4. The van der Waals surface area contributed by atoms with Crippen molar-refractivity contribution in [3.8, 4) is 0 Å². The Kier molecular flexibility index (Phi) is 3.55. The molecule has 0 radical (unpaired) electrons. The molecule has 1 aromatic carbocycles. The Hall–Kier alpha value is -2.08. The lowest BCUT2D eigenvalue weighted by Gasteiger charge is -2.25. The van der Waals surface area contributed by atoms with Crippen molar-refractivity contribution in [2.45, 2.75) is 19.5 Å². The molecule has 5 nitrogen and oxygen atoms in total. The SMILES string of the molecule is CC1C(=O)Nc2ccccc2CN1C(=O)c1cc(Br)c[nH]1. The number of fused-ring (bicyclic) bond motifs is 1. The van der Waals surface area contributed by atoms with E-state index in [4.69, 9.17) is 0 Å². The summed E-state index contributed by atoms with van der Waals surface area (Å²) in [5, 5.41) is 2.86. The minimum atomic E-state index is -0.535. The lowest BCUT2D eigenvalue weighted by molar-refractivity contribution is -0.120. The summed E-state index contributed by atoms with van der Waals surface area (Å²) in [5.74, 6) is -0.376. The summed E-state index contributed by atoms with van der Waals surface area (Å²) in [5.41, 5.74) is 2.15. The summed E-state index contributed by atoms with van der Waals surface area (Å²) < 4.78 is 0.804. The number of para-hydroxylation sites is 1. The van der Waals surface area contributed by atoms with E-state index < -0.39 is 6.04 Å². The highest BCUT2D eigenvalue weighted by atomic mass is 79.9. The van der Waals surface area contributed by atoms with Gasteiger partial charge in [0.1, 0.15) is 11.7 Å². The quantitative estimate of drug-likeness (QED) is 0.832. The highest BCUT2D eigenvalue weighted by Gasteiger charge is 2.31. The van der Waals surface area contributed by atoms with Gasteiger partial charge in [0.05, 0.1) is 0 Å². The van der Waals surface area contributed by atoms with E-state index in [1.165, 1.54) is 0 Å². The summed E-state index contributed by atoms with van der Waals surface area (Å²) in [6, 6.07) is 8.70. The van der Waals surface area contributed by atoms with Crippen molar-refractivity contribution in [3.63, 3.8) is 0 Å². The molecule has 0 bridgehead atoms. The summed E-state index contributed by atoms with van der Waals surface area (Å²) in [7, 11) is 0. The molecular weight excluding hydrogens is 334 g/mol. The predicted octanol–water partition coefficient (Wildman–Crippen LogP) is 2.76. The van der Waals surface area contributed by atoms with Crippen LogP contribution < -0.4 is 5.32 Å². The molecule has 2 amide bonds. The molecule has 0 fully saturated rings. The second kappa shape index (κ2) is 5.37. The second-order valence-electron chi connectivity index (χ2n) is 4.99. The number of aromatic amines is 1. The van der Waals surface area contributed by atoms with Gasteiger partial charge in [-0.2, -0.15) is 0 Å². The number of nitrogens with one attached hydrogen (secondary N) is 2. The maximum atomic E-state index is 12.6. The number of carbonyl (C=O) groups is 2. The molecule has 2 heterocycles. The van der Waals surface area contributed by atoms with E-state index in [1.807, 2.05) is 24.3 Å². The lowest BCUT2D eigenvalue weighted by atomic mass is 10.1. The number of hydrogen-bond donors (Lipinski definition) is 2. The molecule has 0 saturated heterocycles. The first-order valence-corrected chi connectivity index (χ1v) is 7.39. The molecule has 108 valence electrons. The van der Waals surface area contributed by atoms with Crippen LogP contribution in [-0.2, 0) is 11.3 Å². The van der Waals surface area contributed by atoms with E-state index in [9.17, 15) is 9.59 Å². The van der Waals surface area contributed by atoms with Crippen LogP contribution in [0.3, 0.4) is 0 Å². The third-order valence-corrected chi connectivity index (χ3v) is 4.06. The molecule has 0 spiro atoms. The molecule has 0 saturated carbocycles. The fourth-order valence-electron chi connectivity index (χ4n) is 2.37. The van der Waals surface area contributed by atoms with Crippen LogP contribution >= 0.6 is 15.9 Å². The highest BCUT2D eigenvalue weighted by molar-refractivity contribution is 9.10. The van der Waals surface area contributed by atoms with Gasteiger partial charge < -0.3 is 15.2 Å². The van der Waals surface area contributed by atoms with Gasteiger partial charge in [-0.1, -0.05) is 18.2 Å². The average Bonchev–Trinajstić information content (AvgIpc) is 2.86. The van der Waals surface area contributed by atoms with Gasteiger partial charge in [-0.3, -0.25) is 9.59 Å². The molecular formula is C15H14BrN3O2. The molecule has 1 atom stereocenters. The molecule has 21 heavy (non-hydrogen) atoms. The number of hydrogen-bond acceptors (Lipinski definition) is 2. The Bertz CT molecular complexity index is 710. The highest BCUT2D eigenvalue weighted by Crippen LogP contribution is 2.24. The molecule has 3 rings (SSSR count). The minimum absolute atomic E-state index is 0.182. The number of aromatic nitrogens is 1. The largest absolute Gasteiger partial charge is 0.356 e. The Balaban J connectivity index is 1.97. The van der Waals surface area contributed by atoms with Crippen LogP contribution in [0, 0.1) is 0 Å². The van der Waals surface area contributed by atoms with E-state index in [0.717, 1.165) is 15.7 Å². The first-order valence-electron chi connectivity index (χ1n) is 6.60. The van der Waals surface area contributed by atoms with Crippen LogP contribution in [0.25, 0.3) is 0 Å². The number of carbonyl (C=O) groups excluding carboxylic acids is 2. The van der Waals surface area contributed by atoms with Gasteiger partial charge in [0.15, 0.2) is 0 Å². The minimum Gasteiger partial charge on any atom is -0.356 e. The Labute approximate surface area is 130 Å². The molecule has 1 aliphatic rings. The monoisotopic (exact) mass is 347 g/mol. The molecule has 1 aliphatic heterocycles. The zero-order chi connectivity index (χ0) is 15.0. The number of H-pyrrole nitrogens is 1. The molecule has 0 aliphatic carbocycles. The van der Waals surface area contributed by atoms with E-state index in [1.54, 1.807) is 24.1 Å². The lowest BCUT2D eigenvalue weighted by Crippen LogP contribution is -2.43. The van der Waals surface area contributed by atoms with Gasteiger partial charge in [0.25, 0.3) is 5.91 Å². The van der Waals surface area contributed by atoms with Gasteiger partial charge in [0, 0.05) is 22.9 Å². The first kappa shape index (κ1) is 13.9. The van der Waals surface area contributed by atoms with Gasteiger partial charge in [-0.15, -0.1) is 0 Å². The van der Waals surface area contributed by atoms with Crippen LogP contribution in [-0.4, -0.2) is 27.7 Å². The van der Waals surface area contributed by atoms with Crippen LogP contribution in [0.4, 0.5) is 5.69 Å². The van der Waals surface area contributed by atoms with Crippen LogP contribution in [0.2, 0.25) is 0 Å². The molecule has 2 N–H and O–H groups in total. The fourth-order valence-corrected chi connectivity index (χ4v) is 2.72. The van der Waals surface area contributed by atoms with Crippen LogP contribution in [0.5, 0.6) is 0 Å². The number of rotatable bonds is 1. The maximum absolute atomic E-state index is 12.6. The van der Waals surface area contributed by atoms with Crippen molar-refractivity contribution < 1.29 is 9.59 Å². The van der Waals surface area contributed by atoms with Gasteiger partial charge >= 0.3 is 0 Å². The fraction of sp³-hybridized carbons (Fsp3) is 0.200. The summed E-state index contributed by atoms with van der Waals surface area (Å²) in [6.07, 6.45) is 1.70. The van der Waals surface area contributed by atoms with Crippen LogP contribution in [0.15, 0.2) is 41.0 Å². The standard InChI is InChI=1S/C15H14BrN3O2/c1-9-14(20)18-12-5-3-2-4-10(12)8-19(9)15(21)13-6-11(16)7-17-13/h2-7,9,17H,8H2,1H3,(H,18,20). The van der Waals surface area contributed by atoms with Crippen molar-refractivity contribution in [2.24, 2.45) is 0 Å². The van der Waals surface area contributed by atoms with E-state index >= 15 is 0 Å². The Morgan fingerprint density at radius 1 is 1.38 bits per heavy atom. The third kappa shape index (κ3) is 2.58. The van der Waals surface area contributed by atoms with Crippen molar-refractivity contribution in [2.75, 3.05) is 5.32 Å². The van der Waals surface area contributed by atoms with Crippen molar-refractivity contribution in [1.82, 2.24) is 9.88 Å². The smallest absolute Gasteiger partial charge is 0.271 e. The number of benzene rings is 1. The number of amides is 2. The van der Waals surface area contributed by atoms with E-state index in [0.29, 0.717) is 12.2 Å². The van der Waals surface area contributed by atoms with Crippen LogP contribution in [0.1, 0.15) is 23.0 Å². The van der Waals surface area contributed by atoms with Crippen molar-refractivity contribution in [3.05, 3.63) is 52.3 Å². The van der Waals surface area contributed by atoms with Gasteiger partial charge in [-0.25, -0.2) is 0 Å². The van der Waals surface area contributed by atoms with Crippen molar-refractivity contribution >= 4 is 33.4 Å². The summed E-state index contributed by atoms with van der Waals surface area (Å²) in [4.78, 5) is 29.3. The van der Waals surface area contributed by atoms with Crippen molar-refractivity contribution in [1.29, 1.82) is 0 Å². The summed E-state index contributed by atoms with van der Waals surface area (Å²) in [6.45, 7) is 2.13.